The Morgan fingerprint density at radius 2 is 1.84 bits per heavy atom. The van der Waals surface area contributed by atoms with E-state index in [9.17, 15) is 9.59 Å². The first kappa shape index (κ1) is 21.7. The minimum atomic E-state index is -0.250. The highest BCUT2D eigenvalue weighted by Crippen LogP contribution is 2.16. The highest BCUT2D eigenvalue weighted by Gasteiger charge is 2.09. The number of benzene rings is 2. The monoisotopic (exact) mass is 419 g/mol. The zero-order valence-electron chi connectivity index (χ0n) is 17.3. The number of ether oxygens (including phenoxy) is 1. The van der Waals surface area contributed by atoms with Crippen LogP contribution in [0.1, 0.15) is 23.0 Å². The Balaban J connectivity index is 1.47. The summed E-state index contributed by atoms with van der Waals surface area (Å²) in [7, 11) is 0. The molecular weight excluding hydrogens is 394 g/mol. The van der Waals surface area contributed by atoms with Crippen molar-refractivity contribution in [1.82, 2.24) is 5.32 Å². The van der Waals surface area contributed by atoms with Crippen LogP contribution in [0.2, 0.25) is 0 Å². The summed E-state index contributed by atoms with van der Waals surface area (Å²) in [4.78, 5) is 24.6. The van der Waals surface area contributed by atoms with Crippen molar-refractivity contribution in [3.63, 3.8) is 0 Å². The number of hydrogen-bond acceptors (Lipinski definition) is 5. The Morgan fingerprint density at radius 3 is 2.55 bits per heavy atom. The zero-order valence-corrected chi connectivity index (χ0v) is 17.3. The topological polar surface area (TPSA) is 92.6 Å². The van der Waals surface area contributed by atoms with Crippen LogP contribution in [0.15, 0.2) is 83.5 Å². The van der Waals surface area contributed by atoms with E-state index in [0.717, 1.165) is 17.0 Å². The summed E-state index contributed by atoms with van der Waals surface area (Å²) in [5, 5.41) is 8.62. The van der Waals surface area contributed by atoms with E-state index in [4.69, 9.17) is 9.15 Å². The molecule has 0 aliphatic carbocycles. The van der Waals surface area contributed by atoms with Gasteiger partial charge in [0.05, 0.1) is 19.4 Å². The SMILES string of the molecule is C=C(C)COc1ccc(NCC(=O)Nc2cccc(C(=O)NCc3ccco3)c2)cc1. The van der Waals surface area contributed by atoms with Crippen LogP contribution in [0.3, 0.4) is 0 Å². The quantitative estimate of drug-likeness (QED) is 0.428. The Morgan fingerprint density at radius 1 is 1.03 bits per heavy atom. The van der Waals surface area contributed by atoms with Gasteiger partial charge in [0.1, 0.15) is 18.1 Å². The molecule has 0 aliphatic heterocycles. The maximum Gasteiger partial charge on any atom is 0.251 e. The van der Waals surface area contributed by atoms with Crippen molar-refractivity contribution in [2.45, 2.75) is 13.5 Å². The van der Waals surface area contributed by atoms with E-state index in [1.54, 1.807) is 42.7 Å². The fourth-order valence-electron chi connectivity index (χ4n) is 2.68. The normalized spacial score (nSPS) is 10.2. The predicted octanol–water partition coefficient (Wildman–Crippen LogP) is 4.22. The van der Waals surface area contributed by atoms with Crippen molar-refractivity contribution in [3.8, 4) is 5.75 Å². The van der Waals surface area contributed by atoms with Crippen molar-refractivity contribution < 1.29 is 18.7 Å². The van der Waals surface area contributed by atoms with Gasteiger partial charge in [-0.2, -0.15) is 0 Å². The third-order valence-corrected chi connectivity index (χ3v) is 4.20. The second kappa shape index (κ2) is 10.7. The van der Waals surface area contributed by atoms with Gasteiger partial charge < -0.3 is 25.1 Å². The van der Waals surface area contributed by atoms with Gasteiger partial charge in [-0.3, -0.25) is 9.59 Å². The summed E-state index contributed by atoms with van der Waals surface area (Å²) in [5.41, 5.74) is 2.73. The number of carbonyl (C=O) groups is 2. The van der Waals surface area contributed by atoms with Crippen LogP contribution in [0.25, 0.3) is 0 Å². The molecular formula is C24H25N3O4. The van der Waals surface area contributed by atoms with Crippen LogP contribution < -0.4 is 20.7 Å². The molecule has 0 bridgehead atoms. The lowest BCUT2D eigenvalue weighted by Crippen LogP contribution is -2.24. The first-order valence-electron chi connectivity index (χ1n) is 9.81. The predicted molar refractivity (Wildman–Crippen MR) is 120 cm³/mol. The summed E-state index contributed by atoms with van der Waals surface area (Å²) >= 11 is 0. The minimum absolute atomic E-state index is 0.0842. The van der Waals surface area contributed by atoms with Gasteiger partial charge in [-0.15, -0.1) is 0 Å². The first-order valence-corrected chi connectivity index (χ1v) is 9.81. The molecule has 7 heteroatoms. The van der Waals surface area contributed by atoms with Crippen LogP contribution >= 0.6 is 0 Å². The van der Waals surface area contributed by atoms with E-state index in [-0.39, 0.29) is 18.4 Å². The second-order valence-corrected chi connectivity index (χ2v) is 7.01. The zero-order chi connectivity index (χ0) is 22.1. The lowest BCUT2D eigenvalue weighted by Gasteiger charge is -2.10. The number of anilines is 2. The molecule has 3 rings (SSSR count). The first-order chi connectivity index (χ1) is 15.0. The van der Waals surface area contributed by atoms with E-state index >= 15 is 0 Å². The second-order valence-electron chi connectivity index (χ2n) is 7.01. The fraction of sp³-hybridized carbons (Fsp3) is 0.167. The van der Waals surface area contributed by atoms with Gasteiger partial charge >= 0.3 is 0 Å². The highest BCUT2D eigenvalue weighted by molar-refractivity contribution is 5.98. The third-order valence-electron chi connectivity index (χ3n) is 4.20. The van der Waals surface area contributed by atoms with Crippen molar-refractivity contribution in [2.24, 2.45) is 0 Å². The molecule has 0 saturated heterocycles. The van der Waals surface area contributed by atoms with E-state index in [1.165, 1.54) is 0 Å². The average Bonchev–Trinajstić information content (AvgIpc) is 3.29. The van der Waals surface area contributed by atoms with Gasteiger partial charge in [-0.25, -0.2) is 0 Å². The maximum atomic E-state index is 12.3. The summed E-state index contributed by atoms with van der Waals surface area (Å²) < 4.78 is 10.7. The summed E-state index contributed by atoms with van der Waals surface area (Å²) in [5.74, 6) is 0.926. The maximum absolute atomic E-state index is 12.3. The van der Waals surface area contributed by atoms with E-state index in [1.807, 2.05) is 31.2 Å². The number of furan rings is 1. The molecule has 2 aromatic carbocycles. The molecule has 160 valence electrons. The number of nitrogens with one attached hydrogen (secondary N) is 3. The fourth-order valence-corrected chi connectivity index (χ4v) is 2.68. The molecule has 2 amide bonds. The molecule has 0 atom stereocenters. The van der Waals surface area contributed by atoms with Gasteiger partial charge in [-0.1, -0.05) is 12.6 Å². The lowest BCUT2D eigenvalue weighted by molar-refractivity contribution is -0.114. The van der Waals surface area contributed by atoms with Gasteiger partial charge in [0, 0.05) is 16.9 Å². The lowest BCUT2D eigenvalue weighted by atomic mass is 10.2. The summed E-state index contributed by atoms with van der Waals surface area (Å²) in [6, 6.07) is 17.6. The average molecular weight is 419 g/mol. The van der Waals surface area contributed by atoms with Gasteiger partial charge in [0.2, 0.25) is 5.91 Å². The van der Waals surface area contributed by atoms with Crippen molar-refractivity contribution in [3.05, 3.63) is 90.4 Å². The Kier molecular flexibility index (Phi) is 7.48. The molecule has 0 unspecified atom stereocenters. The largest absolute Gasteiger partial charge is 0.489 e. The molecule has 0 spiro atoms. The van der Waals surface area contributed by atoms with Gasteiger partial charge in [0.25, 0.3) is 5.91 Å². The molecule has 1 heterocycles. The third kappa shape index (κ3) is 7.08. The van der Waals surface area contributed by atoms with Crippen molar-refractivity contribution >= 4 is 23.2 Å². The molecule has 0 fully saturated rings. The molecule has 7 nitrogen and oxygen atoms in total. The molecule has 0 aliphatic rings. The number of amides is 2. The van der Waals surface area contributed by atoms with Gasteiger partial charge in [0.15, 0.2) is 0 Å². The van der Waals surface area contributed by atoms with Crippen molar-refractivity contribution in [1.29, 1.82) is 0 Å². The van der Waals surface area contributed by atoms with Crippen LogP contribution in [-0.4, -0.2) is 25.0 Å². The standard InChI is InChI=1S/C24H25N3O4/c1-17(2)16-31-21-10-8-19(9-11-21)25-15-23(28)27-20-6-3-5-18(13-20)24(29)26-14-22-7-4-12-30-22/h3-13,25H,1,14-16H2,2H3,(H,26,29)(H,27,28). The van der Waals surface area contributed by atoms with Gasteiger partial charge in [-0.05, 0) is 67.1 Å². The van der Waals surface area contributed by atoms with Crippen LogP contribution in [0, 0.1) is 0 Å². The highest BCUT2D eigenvalue weighted by atomic mass is 16.5. The Labute approximate surface area is 181 Å². The van der Waals surface area contributed by atoms with Crippen molar-refractivity contribution in [2.75, 3.05) is 23.8 Å². The molecule has 3 N–H and O–H groups in total. The molecule has 31 heavy (non-hydrogen) atoms. The van der Waals surface area contributed by atoms with E-state index in [2.05, 4.69) is 22.5 Å². The number of rotatable bonds is 10. The summed E-state index contributed by atoms with van der Waals surface area (Å²) in [6.07, 6.45) is 1.55. The summed E-state index contributed by atoms with van der Waals surface area (Å²) in [6.45, 7) is 6.54. The molecule has 0 radical (unpaired) electrons. The molecule has 1 aromatic heterocycles. The van der Waals surface area contributed by atoms with Crippen LogP contribution in [0.4, 0.5) is 11.4 Å². The van der Waals surface area contributed by atoms with E-state index in [0.29, 0.717) is 30.2 Å². The number of hydrogen-bond donors (Lipinski definition) is 3. The number of carbonyl (C=O) groups excluding carboxylic acids is 2. The minimum Gasteiger partial charge on any atom is -0.489 e. The smallest absolute Gasteiger partial charge is 0.251 e. The van der Waals surface area contributed by atoms with Crippen LogP contribution in [0.5, 0.6) is 5.75 Å². The molecule has 0 saturated carbocycles. The van der Waals surface area contributed by atoms with Crippen LogP contribution in [-0.2, 0) is 11.3 Å². The Hall–Kier alpha value is -4.00. The Bertz CT molecular complexity index is 1030. The van der Waals surface area contributed by atoms with E-state index < -0.39 is 0 Å². The molecule has 3 aromatic rings.